The molecule has 30 heavy (non-hydrogen) atoms. The summed E-state index contributed by atoms with van der Waals surface area (Å²) in [6.07, 6.45) is 2.11. The fourth-order valence-corrected chi connectivity index (χ4v) is 3.50. The molecule has 2 heterocycles. The van der Waals surface area contributed by atoms with Crippen LogP contribution >= 0.6 is 0 Å². The summed E-state index contributed by atoms with van der Waals surface area (Å²) in [4.78, 5) is 28.7. The maximum absolute atomic E-state index is 14.0. The summed E-state index contributed by atoms with van der Waals surface area (Å²) >= 11 is 0. The first kappa shape index (κ1) is 19.8. The van der Waals surface area contributed by atoms with Gasteiger partial charge >= 0.3 is 0 Å². The minimum Gasteiger partial charge on any atom is -0.337 e. The second-order valence-electron chi connectivity index (χ2n) is 7.01. The lowest BCUT2D eigenvalue weighted by molar-refractivity contribution is 0.0713. The minimum atomic E-state index is -0.557. The van der Waals surface area contributed by atoms with Gasteiger partial charge < -0.3 is 9.80 Å². The van der Waals surface area contributed by atoms with Gasteiger partial charge in [0.2, 0.25) is 0 Å². The van der Waals surface area contributed by atoms with Crippen molar-refractivity contribution in [2.75, 3.05) is 26.2 Å². The first-order valence-electron chi connectivity index (χ1n) is 9.68. The predicted octanol–water partition coefficient (Wildman–Crippen LogP) is 3.14. The molecular weight excluding hydrogens is 390 g/mol. The third-order valence-corrected chi connectivity index (χ3v) is 5.08. The number of carbonyl (C=O) groups is 2. The Morgan fingerprint density at radius 1 is 0.767 bits per heavy atom. The fraction of sp³-hybridized carbons (Fsp3) is 0.227. The molecule has 2 aromatic carbocycles. The lowest BCUT2D eigenvalue weighted by Crippen LogP contribution is -2.37. The van der Waals surface area contributed by atoms with E-state index in [-0.39, 0.29) is 28.8 Å². The minimum absolute atomic E-state index is 0.0286. The first-order valence-corrected chi connectivity index (χ1v) is 9.68. The molecule has 154 valence electrons. The van der Waals surface area contributed by atoms with Crippen molar-refractivity contribution >= 4 is 11.8 Å². The summed E-state index contributed by atoms with van der Waals surface area (Å²) in [6, 6.07) is 13.6. The number of rotatable bonds is 3. The van der Waals surface area contributed by atoms with Gasteiger partial charge in [-0.3, -0.25) is 9.59 Å². The van der Waals surface area contributed by atoms with Crippen molar-refractivity contribution in [1.82, 2.24) is 19.6 Å². The third-order valence-electron chi connectivity index (χ3n) is 5.08. The number of para-hydroxylation sites is 1. The van der Waals surface area contributed by atoms with Gasteiger partial charge in [-0.25, -0.2) is 13.5 Å². The average Bonchev–Trinajstić information content (AvgIpc) is 3.11. The summed E-state index contributed by atoms with van der Waals surface area (Å²) in [7, 11) is 0. The highest BCUT2D eigenvalue weighted by Crippen LogP contribution is 2.16. The highest BCUT2D eigenvalue weighted by molar-refractivity contribution is 5.95. The van der Waals surface area contributed by atoms with Crippen molar-refractivity contribution < 1.29 is 18.4 Å². The Morgan fingerprint density at radius 3 is 2.10 bits per heavy atom. The second kappa shape index (κ2) is 8.44. The molecule has 1 saturated heterocycles. The number of hydrogen-bond donors (Lipinski definition) is 0. The Morgan fingerprint density at radius 2 is 1.40 bits per heavy atom. The molecule has 1 aromatic heterocycles. The quantitative estimate of drug-likeness (QED) is 0.667. The van der Waals surface area contributed by atoms with Crippen LogP contribution in [0, 0.1) is 11.6 Å². The maximum Gasteiger partial charge on any atom is 0.274 e. The van der Waals surface area contributed by atoms with Gasteiger partial charge in [-0.2, -0.15) is 5.10 Å². The molecule has 0 saturated carbocycles. The van der Waals surface area contributed by atoms with Gasteiger partial charge in [0.15, 0.2) is 5.69 Å². The molecule has 1 aliphatic heterocycles. The van der Waals surface area contributed by atoms with Crippen LogP contribution < -0.4 is 0 Å². The van der Waals surface area contributed by atoms with E-state index in [0.29, 0.717) is 32.6 Å². The number of aromatic nitrogens is 2. The normalized spacial score (nSPS) is 14.5. The Hall–Kier alpha value is -3.55. The van der Waals surface area contributed by atoms with Gasteiger partial charge in [-0.05, 0) is 36.8 Å². The molecule has 0 bridgehead atoms. The molecule has 1 fully saturated rings. The largest absolute Gasteiger partial charge is 0.337 e. The SMILES string of the molecule is O=C(c1ccn(-c2ccccc2F)n1)N1CCCN(C(=O)c2ccccc2F)CC1. The smallest absolute Gasteiger partial charge is 0.274 e. The highest BCUT2D eigenvalue weighted by Gasteiger charge is 2.26. The molecule has 0 aliphatic carbocycles. The van der Waals surface area contributed by atoms with Gasteiger partial charge in [0.25, 0.3) is 11.8 Å². The van der Waals surface area contributed by atoms with Gasteiger partial charge in [-0.1, -0.05) is 24.3 Å². The average molecular weight is 410 g/mol. The van der Waals surface area contributed by atoms with E-state index in [9.17, 15) is 18.4 Å². The van der Waals surface area contributed by atoms with Gasteiger partial charge in [0.05, 0.1) is 5.56 Å². The zero-order valence-corrected chi connectivity index (χ0v) is 16.2. The van der Waals surface area contributed by atoms with Crippen LogP contribution in [-0.4, -0.2) is 57.6 Å². The molecule has 1 aliphatic rings. The molecule has 3 aromatic rings. The van der Waals surface area contributed by atoms with Gasteiger partial charge in [-0.15, -0.1) is 0 Å². The zero-order valence-electron chi connectivity index (χ0n) is 16.2. The standard InChI is InChI=1S/C22H20F2N4O2/c23-17-7-2-1-6-16(17)21(29)26-11-5-12-27(15-14-26)22(30)19-10-13-28(25-19)20-9-4-3-8-18(20)24/h1-4,6-10,13H,5,11-12,14-15H2. The number of benzene rings is 2. The summed E-state index contributed by atoms with van der Waals surface area (Å²) < 4.78 is 29.2. The number of hydrogen-bond acceptors (Lipinski definition) is 3. The maximum atomic E-state index is 14.0. The van der Waals surface area contributed by atoms with Crippen LogP contribution in [0.15, 0.2) is 60.8 Å². The van der Waals surface area contributed by atoms with Gasteiger partial charge in [0.1, 0.15) is 17.3 Å². The van der Waals surface area contributed by atoms with Crippen LogP contribution in [0.25, 0.3) is 5.69 Å². The molecule has 0 spiro atoms. The van der Waals surface area contributed by atoms with Crippen LogP contribution in [0.4, 0.5) is 8.78 Å². The lowest BCUT2D eigenvalue weighted by Gasteiger charge is -2.22. The molecule has 0 atom stereocenters. The summed E-state index contributed by atoms with van der Waals surface area (Å²) in [5.74, 6) is -1.66. The second-order valence-corrected chi connectivity index (χ2v) is 7.01. The molecule has 4 rings (SSSR count). The summed E-state index contributed by atoms with van der Waals surface area (Å²) in [5, 5.41) is 4.22. The van der Waals surface area contributed by atoms with E-state index < -0.39 is 11.6 Å². The van der Waals surface area contributed by atoms with Crippen molar-refractivity contribution in [3.05, 3.63) is 83.7 Å². The van der Waals surface area contributed by atoms with Crippen molar-refractivity contribution in [2.24, 2.45) is 0 Å². The van der Waals surface area contributed by atoms with Crippen molar-refractivity contribution in [3.8, 4) is 5.69 Å². The van der Waals surface area contributed by atoms with Crippen LogP contribution in [0.5, 0.6) is 0 Å². The predicted molar refractivity (Wildman–Crippen MR) is 106 cm³/mol. The van der Waals surface area contributed by atoms with E-state index in [1.165, 1.54) is 35.1 Å². The summed E-state index contributed by atoms with van der Waals surface area (Å²) in [6.45, 7) is 1.49. The fourth-order valence-electron chi connectivity index (χ4n) is 3.50. The van der Waals surface area contributed by atoms with E-state index in [4.69, 9.17) is 0 Å². The molecule has 0 N–H and O–H groups in total. The molecular formula is C22H20F2N4O2. The first-order chi connectivity index (χ1) is 14.5. The molecule has 2 amide bonds. The van der Waals surface area contributed by atoms with E-state index >= 15 is 0 Å². The van der Waals surface area contributed by atoms with Crippen molar-refractivity contribution in [3.63, 3.8) is 0 Å². The molecule has 6 nitrogen and oxygen atoms in total. The van der Waals surface area contributed by atoms with E-state index in [2.05, 4.69) is 5.10 Å². The Kier molecular flexibility index (Phi) is 5.56. The molecule has 0 unspecified atom stereocenters. The van der Waals surface area contributed by atoms with Crippen LogP contribution in [0.3, 0.4) is 0 Å². The number of nitrogens with zero attached hydrogens (tertiary/aromatic N) is 4. The number of amides is 2. The lowest BCUT2D eigenvalue weighted by atomic mass is 10.2. The Bertz CT molecular complexity index is 1080. The molecule has 8 heteroatoms. The van der Waals surface area contributed by atoms with Crippen molar-refractivity contribution in [1.29, 1.82) is 0 Å². The van der Waals surface area contributed by atoms with Crippen molar-refractivity contribution in [2.45, 2.75) is 6.42 Å². The van der Waals surface area contributed by atoms with E-state index in [1.54, 1.807) is 40.1 Å². The van der Waals surface area contributed by atoms with Gasteiger partial charge in [0, 0.05) is 32.4 Å². The van der Waals surface area contributed by atoms with E-state index in [1.807, 2.05) is 0 Å². The number of halogens is 2. The highest BCUT2D eigenvalue weighted by atomic mass is 19.1. The van der Waals surface area contributed by atoms with Crippen LogP contribution in [-0.2, 0) is 0 Å². The Labute approximate surface area is 172 Å². The monoisotopic (exact) mass is 410 g/mol. The van der Waals surface area contributed by atoms with Crippen LogP contribution in [0.2, 0.25) is 0 Å². The molecule has 0 radical (unpaired) electrons. The van der Waals surface area contributed by atoms with E-state index in [0.717, 1.165) is 0 Å². The zero-order chi connectivity index (χ0) is 21.1. The topological polar surface area (TPSA) is 58.4 Å². The third kappa shape index (κ3) is 3.94. The van der Waals surface area contributed by atoms with Crippen LogP contribution in [0.1, 0.15) is 27.3 Å². The summed E-state index contributed by atoms with van der Waals surface area (Å²) in [5.41, 5.74) is 0.488. The Balaban J connectivity index is 1.45. The number of carbonyl (C=O) groups excluding carboxylic acids is 2.